The second-order valence-corrected chi connectivity index (χ2v) is 3.96. The van der Waals surface area contributed by atoms with Gasteiger partial charge in [-0.1, -0.05) is 0 Å². The Morgan fingerprint density at radius 1 is 1.19 bits per heavy atom. The van der Waals surface area contributed by atoms with E-state index in [2.05, 4.69) is 0 Å². The van der Waals surface area contributed by atoms with E-state index < -0.39 is 0 Å². The molecule has 0 aromatic carbocycles. The average molecular weight is 298 g/mol. The van der Waals surface area contributed by atoms with Crippen molar-refractivity contribution in [2.45, 2.75) is 13.8 Å². The Kier molecular flexibility index (Phi) is 9.46. The van der Waals surface area contributed by atoms with Gasteiger partial charge in [0.2, 0.25) is 0 Å². The summed E-state index contributed by atoms with van der Waals surface area (Å²) in [7, 11) is 3.78. The van der Waals surface area contributed by atoms with E-state index in [0.717, 1.165) is 0 Å². The van der Waals surface area contributed by atoms with Crippen molar-refractivity contribution in [1.82, 2.24) is 0 Å². The summed E-state index contributed by atoms with van der Waals surface area (Å²) in [6, 6.07) is 0. The number of esters is 2. The summed E-state index contributed by atoms with van der Waals surface area (Å²) in [5.41, 5.74) is 0. The maximum atomic E-state index is 11.2. The average Bonchev–Trinajstić information content (AvgIpc) is 2.01. The number of likely N-dealkylation sites (N-methyl/N-ethyl adjacent to an activating group) is 1. The molecule has 0 aromatic rings. The Morgan fingerprint density at radius 2 is 1.75 bits per heavy atom. The number of rotatable bonds is 6. The van der Waals surface area contributed by atoms with Crippen molar-refractivity contribution < 1.29 is 40.5 Å². The highest BCUT2D eigenvalue weighted by Crippen LogP contribution is 1.98. The second-order valence-electron chi connectivity index (χ2n) is 3.96. The van der Waals surface area contributed by atoms with Crippen molar-refractivity contribution in [2.75, 3.05) is 40.4 Å². The van der Waals surface area contributed by atoms with E-state index in [-0.39, 0.29) is 35.5 Å². The van der Waals surface area contributed by atoms with Gasteiger partial charge >= 0.3 is 11.9 Å². The Labute approximate surface area is 107 Å². The quantitative estimate of drug-likeness (QED) is 0.392. The first-order valence-electron chi connectivity index (χ1n) is 4.98. The number of hydrogen-bond acceptors (Lipinski definition) is 4. The number of nitrogens with zero attached hydrogens (tertiary/aromatic N) is 1. The predicted octanol–water partition coefficient (Wildman–Crippen LogP) is -2.81. The maximum Gasteiger partial charge on any atom is 0.361 e. The highest BCUT2D eigenvalue weighted by Gasteiger charge is 2.20. The van der Waals surface area contributed by atoms with Crippen LogP contribution in [-0.2, 0) is 19.1 Å². The molecular formula is C10H20BrNO4. The van der Waals surface area contributed by atoms with Crippen LogP contribution in [-0.4, -0.2) is 56.8 Å². The molecule has 0 N–H and O–H groups in total. The molecule has 5 nitrogen and oxygen atoms in total. The van der Waals surface area contributed by atoms with Crippen LogP contribution in [0.4, 0.5) is 0 Å². The van der Waals surface area contributed by atoms with Crippen LogP contribution >= 0.6 is 0 Å². The fraction of sp³-hybridized carbons (Fsp3) is 0.800. The van der Waals surface area contributed by atoms with Crippen LogP contribution < -0.4 is 17.0 Å². The summed E-state index contributed by atoms with van der Waals surface area (Å²) in [4.78, 5) is 21.7. The number of quaternary nitrogens is 1. The first-order chi connectivity index (χ1) is 6.87. The minimum atomic E-state index is -0.300. The van der Waals surface area contributed by atoms with Gasteiger partial charge in [-0.15, -0.1) is 0 Å². The van der Waals surface area contributed by atoms with Crippen molar-refractivity contribution in [3.8, 4) is 0 Å². The van der Waals surface area contributed by atoms with Crippen LogP contribution in [0.3, 0.4) is 0 Å². The summed E-state index contributed by atoms with van der Waals surface area (Å²) >= 11 is 0. The molecule has 0 rings (SSSR count). The highest BCUT2D eigenvalue weighted by molar-refractivity contribution is 5.70. The van der Waals surface area contributed by atoms with Crippen LogP contribution in [0.25, 0.3) is 0 Å². The number of carbonyl (C=O) groups excluding carboxylic acids is 2. The Morgan fingerprint density at radius 3 is 2.19 bits per heavy atom. The van der Waals surface area contributed by atoms with Crippen LogP contribution in [0.15, 0.2) is 0 Å². The lowest BCUT2D eigenvalue weighted by Gasteiger charge is -2.27. The molecule has 0 saturated heterocycles. The molecular weight excluding hydrogens is 278 g/mol. The lowest BCUT2D eigenvalue weighted by molar-refractivity contribution is -0.883. The lowest BCUT2D eigenvalue weighted by atomic mass is 10.4. The van der Waals surface area contributed by atoms with E-state index in [0.29, 0.717) is 24.2 Å². The van der Waals surface area contributed by atoms with Gasteiger partial charge in [-0.05, 0) is 6.92 Å². The maximum absolute atomic E-state index is 11.2. The van der Waals surface area contributed by atoms with Crippen LogP contribution in [0.5, 0.6) is 0 Å². The highest BCUT2D eigenvalue weighted by atomic mass is 79.9. The van der Waals surface area contributed by atoms with Crippen molar-refractivity contribution in [3.05, 3.63) is 0 Å². The van der Waals surface area contributed by atoms with Gasteiger partial charge in [0.1, 0.15) is 13.2 Å². The molecule has 0 aliphatic carbocycles. The van der Waals surface area contributed by atoms with Gasteiger partial charge in [0.05, 0.1) is 20.7 Å². The summed E-state index contributed by atoms with van der Waals surface area (Å²) in [6.45, 7) is 4.74. The molecule has 16 heavy (non-hydrogen) atoms. The molecule has 0 radical (unpaired) electrons. The molecule has 0 amide bonds. The molecule has 96 valence electrons. The fourth-order valence-electron chi connectivity index (χ4n) is 1.07. The zero-order valence-electron chi connectivity index (χ0n) is 10.3. The van der Waals surface area contributed by atoms with Crippen molar-refractivity contribution in [1.29, 1.82) is 0 Å². The SMILES string of the molecule is CCOC(=O)C[N+](C)(C)CCOC(C)=O.[Br-]. The molecule has 0 aliphatic rings. The topological polar surface area (TPSA) is 52.6 Å². The van der Waals surface area contributed by atoms with Gasteiger partial charge in [0.15, 0.2) is 6.54 Å². The third kappa shape index (κ3) is 9.92. The van der Waals surface area contributed by atoms with E-state index >= 15 is 0 Å². The Balaban J connectivity index is 0. The first kappa shape index (κ1) is 17.8. The number of carbonyl (C=O) groups is 2. The third-order valence-corrected chi connectivity index (χ3v) is 1.86. The molecule has 0 unspecified atom stereocenters. The Hall–Kier alpha value is -0.620. The van der Waals surface area contributed by atoms with Gasteiger partial charge in [-0.3, -0.25) is 4.79 Å². The summed E-state index contributed by atoms with van der Waals surface area (Å²) in [5, 5.41) is 0. The number of ether oxygens (including phenoxy) is 2. The molecule has 0 spiro atoms. The fourth-order valence-corrected chi connectivity index (χ4v) is 1.07. The minimum Gasteiger partial charge on any atom is -1.00 e. The zero-order chi connectivity index (χ0) is 11.9. The molecule has 6 heteroatoms. The van der Waals surface area contributed by atoms with E-state index in [4.69, 9.17) is 9.47 Å². The molecule has 0 atom stereocenters. The molecule has 0 heterocycles. The van der Waals surface area contributed by atoms with E-state index in [1.807, 2.05) is 14.1 Å². The van der Waals surface area contributed by atoms with Crippen molar-refractivity contribution >= 4 is 11.9 Å². The smallest absolute Gasteiger partial charge is 0.361 e. The number of halogens is 1. The van der Waals surface area contributed by atoms with Crippen LogP contribution in [0, 0.1) is 0 Å². The third-order valence-electron chi connectivity index (χ3n) is 1.86. The lowest BCUT2D eigenvalue weighted by Crippen LogP contribution is -3.00. The van der Waals surface area contributed by atoms with E-state index in [9.17, 15) is 9.59 Å². The molecule has 0 fully saturated rings. The summed E-state index contributed by atoms with van der Waals surface area (Å²) in [5.74, 6) is -0.531. The van der Waals surface area contributed by atoms with Crippen LogP contribution in [0.2, 0.25) is 0 Å². The predicted molar refractivity (Wildman–Crippen MR) is 55.1 cm³/mol. The molecule has 0 aromatic heterocycles. The van der Waals surface area contributed by atoms with Crippen molar-refractivity contribution in [2.24, 2.45) is 0 Å². The van der Waals surface area contributed by atoms with Crippen LogP contribution in [0.1, 0.15) is 13.8 Å². The van der Waals surface area contributed by atoms with Gasteiger partial charge in [0.25, 0.3) is 0 Å². The summed E-state index contributed by atoms with van der Waals surface area (Å²) in [6.07, 6.45) is 0. The number of hydrogen-bond donors (Lipinski definition) is 0. The monoisotopic (exact) mass is 297 g/mol. The van der Waals surface area contributed by atoms with E-state index in [1.54, 1.807) is 6.92 Å². The van der Waals surface area contributed by atoms with Gasteiger partial charge in [0, 0.05) is 6.92 Å². The van der Waals surface area contributed by atoms with Crippen molar-refractivity contribution in [3.63, 3.8) is 0 Å². The molecule has 0 bridgehead atoms. The Bertz CT molecular complexity index is 231. The molecule has 0 saturated carbocycles. The zero-order valence-corrected chi connectivity index (χ0v) is 11.9. The first-order valence-corrected chi connectivity index (χ1v) is 4.98. The minimum absolute atomic E-state index is 0. The normalized spacial score (nSPS) is 10.2. The standard InChI is InChI=1S/C10H20NO4.BrH/c1-5-14-10(13)8-11(3,4)6-7-15-9(2)12;/h5-8H2,1-4H3;1H/q+1;/p-1. The van der Waals surface area contributed by atoms with Gasteiger partial charge < -0.3 is 30.9 Å². The van der Waals surface area contributed by atoms with Gasteiger partial charge in [-0.2, -0.15) is 0 Å². The van der Waals surface area contributed by atoms with Gasteiger partial charge in [-0.25, -0.2) is 4.79 Å². The largest absolute Gasteiger partial charge is 1.00 e. The second kappa shape index (κ2) is 8.52. The molecule has 0 aliphatic heterocycles. The summed E-state index contributed by atoms with van der Waals surface area (Å²) < 4.78 is 10.1. The van der Waals surface area contributed by atoms with E-state index in [1.165, 1.54) is 6.92 Å².